The lowest BCUT2D eigenvalue weighted by Crippen LogP contribution is -2.56. The summed E-state index contributed by atoms with van der Waals surface area (Å²) >= 11 is 1.58. The van der Waals surface area contributed by atoms with Crippen molar-refractivity contribution >= 4 is 23.6 Å². The Kier molecular flexibility index (Phi) is 3.34. The van der Waals surface area contributed by atoms with Crippen LogP contribution in [-0.2, 0) is 9.59 Å². The Bertz CT molecular complexity index is 429. The molecule has 3 heterocycles. The molecule has 0 aromatic carbocycles. The SMILES string of the molecule is CC1(C)S[C@@H]2CC(=O)N2[C@H]1C(=O)O.c1cnoc1. The molecule has 0 unspecified atom stereocenters. The molecule has 0 saturated carbocycles. The van der Waals surface area contributed by atoms with Crippen LogP contribution in [-0.4, -0.2) is 43.2 Å². The van der Waals surface area contributed by atoms with Crippen LogP contribution < -0.4 is 0 Å². The van der Waals surface area contributed by atoms with Crippen LogP contribution in [0.2, 0.25) is 0 Å². The van der Waals surface area contributed by atoms with Crippen molar-refractivity contribution in [3.8, 4) is 0 Å². The molecule has 18 heavy (non-hydrogen) atoms. The van der Waals surface area contributed by atoms with Crippen molar-refractivity contribution in [1.82, 2.24) is 10.1 Å². The van der Waals surface area contributed by atoms with E-state index in [-0.39, 0.29) is 16.0 Å². The standard InChI is InChI=1S/C8H11NO3S.C3H3NO/c1-8(2)6(7(11)12)9-4(10)3-5(9)13-8;1-2-4-5-3-1/h5-6H,3H2,1-2H3,(H,11,12);1-3H/t5-,6+;/m1./s1. The Balaban J connectivity index is 0.000000202. The van der Waals surface area contributed by atoms with Crippen molar-refractivity contribution in [2.24, 2.45) is 0 Å². The van der Waals surface area contributed by atoms with Gasteiger partial charge in [0.2, 0.25) is 5.91 Å². The van der Waals surface area contributed by atoms with Crippen molar-refractivity contribution in [2.75, 3.05) is 0 Å². The van der Waals surface area contributed by atoms with Crippen LogP contribution >= 0.6 is 11.8 Å². The molecular formula is C11H14N2O4S. The summed E-state index contributed by atoms with van der Waals surface area (Å²) < 4.78 is 3.97. The van der Waals surface area contributed by atoms with Gasteiger partial charge in [-0.3, -0.25) is 4.79 Å². The van der Waals surface area contributed by atoms with Crippen molar-refractivity contribution in [3.63, 3.8) is 0 Å². The van der Waals surface area contributed by atoms with E-state index in [4.69, 9.17) is 5.11 Å². The van der Waals surface area contributed by atoms with Crippen LogP contribution in [0.15, 0.2) is 23.0 Å². The molecule has 1 aromatic heterocycles. The number of β-lactam (4-membered cyclic amide) rings is 1. The van der Waals surface area contributed by atoms with Gasteiger partial charge < -0.3 is 14.5 Å². The molecule has 2 atom stereocenters. The van der Waals surface area contributed by atoms with E-state index in [2.05, 4.69) is 9.68 Å². The van der Waals surface area contributed by atoms with Gasteiger partial charge in [0.1, 0.15) is 12.3 Å². The maximum absolute atomic E-state index is 11.2. The molecule has 2 aliphatic heterocycles. The molecule has 0 spiro atoms. The zero-order chi connectivity index (χ0) is 13.3. The van der Waals surface area contributed by atoms with E-state index < -0.39 is 12.0 Å². The topological polar surface area (TPSA) is 83.6 Å². The molecule has 2 fully saturated rings. The van der Waals surface area contributed by atoms with E-state index in [1.807, 2.05) is 13.8 Å². The summed E-state index contributed by atoms with van der Waals surface area (Å²) in [6.07, 6.45) is 3.60. The molecule has 98 valence electrons. The van der Waals surface area contributed by atoms with Gasteiger partial charge in [-0.2, -0.15) is 0 Å². The summed E-state index contributed by atoms with van der Waals surface area (Å²) in [5.74, 6) is -0.927. The number of nitrogens with zero attached hydrogens (tertiary/aromatic N) is 2. The largest absolute Gasteiger partial charge is 0.480 e. The Hall–Kier alpha value is -1.50. The normalized spacial score (nSPS) is 27.9. The van der Waals surface area contributed by atoms with Crippen LogP contribution in [0.3, 0.4) is 0 Å². The summed E-state index contributed by atoms with van der Waals surface area (Å²) in [5.41, 5.74) is 0. The van der Waals surface area contributed by atoms with E-state index in [1.54, 1.807) is 24.0 Å². The Morgan fingerprint density at radius 3 is 2.72 bits per heavy atom. The van der Waals surface area contributed by atoms with Crippen LogP contribution in [0.5, 0.6) is 0 Å². The number of carbonyl (C=O) groups is 2. The number of thioether (sulfide) groups is 1. The number of hydrogen-bond acceptors (Lipinski definition) is 5. The van der Waals surface area contributed by atoms with Crippen molar-refractivity contribution < 1.29 is 19.2 Å². The molecule has 0 radical (unpaired) electrons. The third-order valence-electron chi connectivity index (χ3n) is 2.91. The van der Waals surface area contributed by atoms with Gasteiger partial charge in [-0.1, -0.05) is 5.16 Å². The quantitative estimate of drug-likeness (QED) is 0.772. The van der Waals surface area contributed by atoms with Gasteiger partial charge in [0.25, 0.3) is 0 Å². The molecule has 0 aliphatic carbocycles. The van der Waals surface area contributed by atoms with Crippen molar-refractivity contribution in [1.29, 1.82) is 0 Å². The number of carboxylic acid groups (broad SMARTS) is 1. The van der Waals surface area contributed by atoms with E-state index in [0.29, 0.717) is 6.42 Å². The van der Waals surface area contributed by atoms with E-state index in [0.717, 1.165) is 0 Å². The van der Waals surface area contributed by atoms with Crippen molar-refractivity contribution in [3.05, 3.63) is 18.5 Å². The third kappa shape index (κ3) is 2.22. The summed E-state index contributed by atoms with van der Waals surface area (Å²) in [5, 5.41) is 12.4. The van der Waals surface area contributed by atoms with E-state index in [9.17, 15) is 9.59 Å². The zero-order valence-corrected chi connectivity index (χ0v) is 10.9. The molecule has 1 aromatic rings. The lowest BCUT2D eigenvalue weighted by Gasteiger charge is -2.36. The number of rotatable bonds is 1. The first-order valence-corrected chi connectivity index (χ1v) is 6.37. The lowest BCUT2D eigenvalue weighted by molar-refractivity contribution is -0.157. The number of aromatic nitrogens is 1. The van der Waals surface area contributed by atoms with E-state index >= 15 is 0 Å². The van der Waals surface area contributed by atoms with Crippen LogP contribution in [0.4, 0.5) is 0 Å². The smallest absolute Gasteiger partial charge is 0.327 e. The highest BCUT2D eigenvalue weighted by atomic mass is 32.2. The summed E-state index contributed by atoms with van der Waals surface area (Å²) in [6, 6.07) is 1.07. The molecule has 2 saturated heterocycles. The second kappa shape index (κ2) is 4.64. The van der Waals surface area contributed by atoms with Gasteiger partial charge in [0.05, 0.1) is 18.0 Å². The average molecular weight is 270 g/mol. The Morgan fingerprint density at radius 1 is 1.67 bits per heavy atom. The first-order valence-electron chi connectivity index (χ1n) is 5.49. The summed E-state index contributed by atoms with van der Waals surface area (Å²) in [4.78, 5) is 23.6. The van der Waals surface area contributed by atoms with Gasteiger partial charge in [0.15, 0.2) is 0 Å². The number of fused-ring (bicyclic) bond motifs is 1. The molecule has 0 bridgehead atoms. The minimum atomic E-state index is -0.895. The first kappa shape index (κ1) is 12.9. The number of carbonyl (C=O) groups excluding carboxylic acids is 1. The van der Waals surface area contributed by atoms with Crippen LogP contribution in [0.25, 0.3) is 0 Å². The number of hydrogen-bond donors (Lipinski definition) is 1. The van der Waals surface area contributed by atoms with Crippen LogP contribution in [0.1, 0.15) is 20.3 Å². The molecule has 6 nitrogen and oxygen atoms in total. The predicted molar refractivity (Wildman–Crippen MR) is 64.8 cm³/mol. The fourth-order valence-electron chi connectivity index (χ4n) is 2.15. The lowest BCUT2D eigenvalue weighted by atomic mass is 9.98. The van der Waals surface area contributed by atoms with Crippen molar-refractivity contribution in [2.45, 2.75) is 36.4 Å². The minimum Gasteiger partial charge on any atom is -0.480 e. The highest BCUT2D eigenvalue weighted by Crippen LogP contribution is 2.50. The van der Waals surface area contributed by atoms with Gasteiger partial charge in [-0.05, 0) is 19.9 Å². The average Bonchev–Trinajstić information content (AvgIpc) is 2.87. The predicted octanol–water partition coefficient (Wildman–Crippen LogP) is 1.20. The highest BCUT2D eigenvalue weighted by Gasteiger charge is 2.58. The first-order chi connectivity index (χ1) is 8.43. The summed E-state index contributed by atoms with van der Waals surface area (Å²) in [7, 11) is 0. The number of amides is 1. The number of aliphatic carboxylic acids is 1. The fourth-order valence-corrected chi connectivity index (χ4v) is 3.78. The molecule has 3 rings (SSSR count). The van der Waals surface area contributed by atoms with Gasteiger partial charge in [0, 0.05) is 4.75 Å². The van der Waals surface area contributed by atoms with Gasteiger partial charge in [-0.25, -0.2) is 4.79 Å². The maximum atomic E-state index is 11.2. The summed E-state index contributed by atoms with van der Waals surface area (Å²) in [6.45, 7) is 3.75. The minimum absolute atomic E-state index is 0.0320. The molecule has 1 N–H and O–H groups in total. The van der Waals surface area contributed by atoms with Crippen LogP contribution in [0, 0.1) is 0 Å². The zero-order valence-electron chi connectivity index (χ0n) is 10.1. The molecule has 1 amide bonds. The second-order valence-corrected chi connectivity index (χ2v) is 6.44. The second-order valence-electron chi connectivity index (χ2n) is 4.61. The number of carboxylic acids is 1. The van der Waals surface area contributed by atoms with Gasteiger partial charge in [-0.15, -0.1) is 11.8 Å². The molecule has 7 heteroatoms. The maximum Gasteiger partial charge on any atom is 0.327 e. The highest BCUT2D eigenvalue weighted by molar-refractivity contribution is 8.01. The Labute approximate surface area is 108 Å². The fraction of sp³-hybridized carbons (Fsp3) is 0.545. The van der Waals surface area contributed by atoms with E-state index in [1.165, 1.54) is 11.2 Å². The van der Waals surface area contributed by atoms with Gasteiger partial charge >= 0.3 is 5.97 Å². The Morgan fingerprint density at radius 2 is 2.39 bits per heavy atom. The molecule has 2 aliphatic rings. The molecular weight excluding hydrogens is 256 g/mol. The third-order valence-corrected chi connectivity index (χ3v) is 4.40. The monoisotopic (exact) mass is 270 g/mol.